The number of hydrogen-bond acceptors (Lipinski definition) is 6. The van der Waals surface area contributed by atoms with Crippen LogP contribution in [0.5, 0.6) is 11.5 Å². The first-order valence-corrected chi connectivity index (χ1v) is 13.0. The molecule has 4 aromatic rings. The maximum absolute atomic E-state index is 11.0. The van der Waals surface area contributed by atoms with E-state index in [0.29, 0.717) is 0 Å². The van der Waals surface area contributed by atoms with E-state index >= 15 is 0 Å². The van der Waals surface area contributed by atoms with Crippen LogP contribution < -0.4 is 9.47 Å². The maximum atomic E-state index is 11.0. The van der Waals surface area contributed by atoms with Gasteiger partial charge in [0.15, 0.2) is 11.5 Å². The Kier molecular flexibility index (Phi) is 7.99. The molecule has 8 nitrogen and oxygen atoms in total. The first-order chi connectivity index (χ1) is 18.6. The lowest BCUT2D eigenvalue weighted by molar-refractivity contribution is -0.384. The van der Waals surface area contributed by atoms with E-state index < -0.39 is 0 Å². The number of nitro groups is 1. The maximum Gasteiger partial charge on any atom is 0.269 e. The summed E-state index contributed by atoms with van der Waals surface area (Å²) in [6.45, 7) is 5.60. The van der Waals surface area contributed by atoms with E-state index in [-0.39, 0.29) is 17.4 Å². The molecular weight excluding hydrogens is 480 g/mol. The molecule has 3 aromatic carbocycles. The zero-order valence-corrected chi connectivity index (χ0v) is 21.6. The quantitative estimate of drug-likeness (QED) is 0.165. The molecule has 1 aliphatic rings. The van der Waals surface area contributed by atoms with Crippen LogP contribution >= 0.6 is 0 Å². The number of hydrogen-bond donors (Lipinski definition) is 0. The lowest BCUT2D eigenvalue weighted by Crippen LogP contribution is -2.27. The number of imidazole rings is 1. The minimum absolute atomic E-state index is 0.110. The van der Waals surface area contributed by atoms with Crippen molar-refractivity contribution in [2.24, 2.45) is 0 Å². The van der Waals surface area contributed by atoms with E-state index in [1.54, 1.807) is 12.1 Å². The number of nitrogens with zero attached hydrogens (tertiary/aromatic N) is 4. The summed E-state index contributed by atoms with van der Waals surface area (Å²) in [6, 6.07) is 23.2. The predicted molar refractivity (Wildman–Crippen MR) is 146 cm³/mol. The van der Waals surface area contributed by atoms with Crippen LogP contribution in [0.4, 0.5) is 5.69 Å². The van der Waals surface area contributed by atoms with Gasteiger partial charge in [-0.1, -0.05) is 61.9 Å². The van der Waals surface area contributed by atoms with Crippen LogP contribution in [0.2, 0.25) is 0 Å². The zero-order chi connectivity index (χ0) is 26.3. The van der Waals surface area contributed by atoms with E-state index in [2.05, 4.69) is 34.6 Å². The molecule has 0 radical (unpaired) electrons. The average Bonchev–Trinajstić information content (AvgIpc) is 3.57. The molecule has 2 heterocycles. The second-order valence-corrected chi connectivity index (χ2v) is 9.52. The number of nitro benzene ring substituents is 1. The van der Waals surface area contributed by atoms with Crippen LogP contribution in [-0.2, 0) is 26.1 Å². The van der Waals surface area contributed by atoms with Crippen molar-refractivity contribution < 1.29 is 14.4 Å². The van der Waals surface area contributed by atoms with Gasteiger partial charge in [-0.05, 0) is 36.1 Å². The SMILES string of the molecule is CCCCn1c(CN(CCc2ccc([N+](=O)[O-])cc2)Cc2ccc3c(c2)OCO3)cnc1-c1ccccc1. The smallest absolute Gasteiger partial charge is 0.269 e. The first kappa shape index (κ1) is 25.5. The number of benzene rings is 3. The van der Waals surface area contributed by atoms with Crippen molar-refractivity contribution in [3.05, 3.63) is 106 Å². The highest BCUT2D eigenvalue weighted by molar-refractivity contribution is 5.56. The van der Waals surface area contributed by atoms with Crippen molar-refractivity contribution >= 4 is 5.69 Å². The number of unbranched alkanes of at least 4 members (excludes halogenated alkanes) is 1. The van der Waals surface area contributed by atoms with E-state index in [0.717, 1.165) is 79.5 Å². The fourth-order valence-corrected chi connectivity index (χ4v) is 4.73. The summed E-state index contributed by atoms with van der Waals surface area (Å²) in [6.07, 6.45) is 4.95. The van der Waals surface area contributed by atoms with Gasteiger partial charge in [-0.15, -0.1) is 0 Å². The Bertz CT molecular complexity index is 1370. The van der Waals surface area contributed by atoms with Crippen molar-refractivity contribution in [3.63, 3.8) is 0 Å². The first-order valence-electron chi connectivity index (χ1n) is 13.0. The minimum atomic E-state index is -0.364. The summed E-state index contributed by atoms with van der Waals surface area (Å²) in [5, 5.41) is 11.0. The van der Waals surface area contributed by atoms with E-state index in [1.807, 2.05) is 48.7 Å². The Morgan fingerprint density at radius 1 is 0.974 bits per heavy atom. The van der Waals surface area contributed by atoms with E-state index in [4.69, 9.17) is 14.5 Å². The third kappa shape index (κ3) is 6.03. The topological polar surface area (TPSA) is 82.7 Å². The molecule has 0 saturated carbocycles. The molecule has 196 valence electrons. The van der Waals surface area contributed by atoms with Crippen LogP contribution in [0.25, 0.3) is 11.4 Å². The zero-order valence-electron chi connectivity index (χ0n) is 21.6. The second kappa shape index (κ2) is 11.9. The fraction of sp³-hybridized carbons (Fsp3) is 0.300. The van der Waals surface area contributed by atoms with Crippen LogP contribution in [0.1, 0.15) is 36.6 Å². The normalized spacial score (nSPS) is 12.3. The molecule has 0 spiro atoms. The van der Waals surface area contributed by atoms with Crippen LogP contribution in [0, 0.1) is 10.1 Å². The third-order valence-electron chi connectivity index (χ3n) is 6.80. The Hall–Kier alpha value is -4.17. The summed E-state index contributed by atoms with van der Waals surface area (Å²) < 4.78 is 13.4. The lowest BCUT2D eigenvalue weighted by Gasteiger charge is -2.24. The third-order valence-corrected chi connectivity index (χ3v) is 6.80. The molecular formula is C30H32N4O4. The molecule has 1 aromatic heterocycles. The van der Waals surface area contributed by atoms with Crippen LogP contribution in [0.15, 0.2) is 79.0 Å². The molecule has 8 heteroatoms. The molecule has 0 atom stereocenters. The van der Waals surface area contributed by atoms with Gasteiger partial charge in [0.05, 0.1) is 16.8 Å². The van der Waals surface area contributed by atoms with Gasteiger partial charge in [-0.25, -0.2) is 4.98 Å². The number of non-ortho nitro benzene ring substituents is 1. The van der Waals surface area contributed by atoms with Crippen molar-refractivity contribution in [2.45, 2.75) is 45.8 Å². The summed E-state index contributed by atoms with van der Waals surface area (Å²) in [7, 11) is 0. The van der Waals surface area contributed by atoms with Gasteiger partial charge >= 0.3 is 0 Å². The predicted octanol–water partition coefficient (Wildman–Crippen LogP) is 6.23. The highest BCUT2D eigenvalue weighted by Crippen LogP contribution is 2.33. The highest BCUT2D eigenvalue weighted by atomic mass is 16.7. The van der Waals surface area contributed by atoms with Gasteiger partial charge in [0, 0.05) is 43.9 Å². The summed E-state index contributed by atoms with van der Waals surface area (Å²) >= 11 is 0. The lowest BCUT2D eigenvalue weighted by atomic mass is 10.1. The van der Waals surface area contributed by atoms with Crippen LogP contribution in [0.3, 0.4) is 0 Å². The van der Waals surface area contributed by atoms with Gasteiger partial charge in [-0.2, -0.15) is 0 Å². The van der Waals surface area contributed by atoms with E-state index in [9.17, 15) is 10.1 Å². The number of aromatic nitrogens is 2. The molecule has 0 aliphatic carbocycles. The van der Waals surface area contributed by atoms with Crippen LogP contribution in [-0.4, -0.2) is 32.7 Å². The van der Waals surface area contributed by atoms with Crippen molar-refractivity contribution in [3.8, 4) is 22.9 Å². The Balaban J connectivity index is 1.39. The monoisotopic (exact) mass is 512 g/mol. The highest BCUT2D eigenvalue weighted by Gasteiger charge is 2.18. The van der Waals surface area contributed by atoms with Gasteiger partial charge in [0.1, 0.15) is 5.82 Å². The van der Waals surface area contributed by atoms with Crippen molar-refractivity contribution in [1.82, 2.24) is 14.5 Å². The van der Waals surface area contributed by atoms with Gasteiger partial charge in [0.25, 0.3) is 5.69 Å². The number of fused-ring (bicyclic) bond motifs is 1. The van der Waals surface area contributed by atoms with E-state index in [1.165, 1.54) is 5.69 Å². The standard InChI is InChI=1S/C30H32N4O4/c1-2-3-16-33-27(19-31-30(33)25-7-5-4-6-8-25)21-32(17-15-23-9-12-26(13-10-23)34(35)36)20-24-11-14-28-29(18-24)38-22-37-28/h4-14,18-19H,2-3,15-17,20-22H2,1H3. The van der Waals surface area contributed by atoms with Crippen molar-refractivity contribution in [2.75, 3.05) is 13.3 Å². The Labute approximate surface area is 222 Å². The number of rotatable bonds is 12. The van der Waals surface area contributed by atoms with Gasteiger partial charge < -0.3 is 14.0 Å². The molecule has 38 heavy (non-hydrogen) atoms. The largest absolute Gasteiger partial charge is 0.454 e. The molecule has 0 N–H and O–H groups in total. The molecule has 1 aliphatic heterocycles. The molecule has 0 bridgehead atoms. The second-order valence-electron chi connectivity index (χ2n) is 9.52. The molecule has 0 saturated heterocycles. The molecule has 0 fully saturated rings. The Morgan fingerprint density at radius 3 is 2.50 bits per heavy atom. The Morgan fingerprint density at radius 2 is 1.74 bits per heavy atom. The molecule has 5 rings (SSSR count). The van der Waals surface area contributed by atoms with Gasteiger partial charge in [-0.3, -0.25) is 15.0 Å². The van der Waals surface area contributed by atoms with Crippen molar-refractivity contribution in [1.29, 1.82) is 0 Å². The molecule has 0 amide bonds. The summed E-state index contributed by atoms with van der Waals surface area (Å²) in [4.78, 5) is 17.9. The molecule has 0 unspecified atom stereocenters. The summed E-state index contributed by atoms with van der Waals surface area (Å²) in [5.41, 5.74) is 4.60. The average molecular weight is 513 g/mol. The minimum Gasteiger partial charge on any atom is -0.454 e. The van der Waals surface area contributed by atoms with Gasteiger partial charge in [0.2, 0.25) is 6.79 Å². The summed E-state index contributed by atoms with van der Waals surface area (Å²) in [5.74, 6) is 2.54. The fourth-order valence-electron chi connectivity index (χ4n) is 4.73. The number of ether oxygens (including phenoxy) is 2.